The molecule has 0 radical (unpaired) electrons. The van der Waals surface area contributed by atoms with E-state index in [2.05, 4.69) is 54.8 Å². The molecule has 0 spiro atoms. The molecule has 3 aromatic carbocycles. The van der Waals surface area contributed by atoms with Crippen molar-refractivity contribution in [2.75, 3.05) is 0 Å². The van der Waals surface area contributed by atoms with Crippen LogP contribution in [0.4, 0.5) is 4.39 Å². The topological polar surface area (TPSA) is 0 Å². The van der Waals surface area contributed by atoms with E-state index < -0.39 is 0 Å². The van der Waals surface area contributed by atoms with Gasteiger partial charge in [0.25, 0.3) is 0 Å². The Hall–Kier alpha value is -3.11. The minimum atomic E-state index is -0.218. The Morgan fingerprint density at radius 3 is 2.48 bits per heavy atom. The van der Waals surface area contributed by atoms with Crippen molar-refractivity contribution >= 4 is 10.8 Å². The van der Waals surface area contributed by atoms with Crippen LogP contribution in [0.25, 0.3) is 10.8 Å². The lowest BCUT2D eigenvalue weighted by molar-refractivity contribution is 0.328. The highest BCUT2D eigenvalue weighted by atomic mass is 19.1. The molecule has 0 heterocycles. The van der Waals surface area contributed by atoms with E-state index in [1.165, 1.54) is 36.8 Å². The number of allylic oxidation sites excluding steroid dienone is 3. The summed E-state index contributed by atoms with van der Waals surface area (Å²) >= 11 is 0. The molecule has 0 nitrogen and oxygen atoms in total. The summed E-state index contributed by atoms with van der Waals surface area (Å²) in [6.45, 7) is 5.92. The fourth-order valence-corrected chi connectivity index (χ4v) is 4.94. The average molecular weight is 437 g/mol. The third kappa shape index (κ3) is 5.82. The molecule has 3 aromatic rings. The van der Waals surface area contributed by atoms with Gasteiger partial charge in [-0.1, -0.05) is 66.5 Å². The van der Waals surface area contributed by atoms with Gasteiger partial charge in [0.1, 0.15) is 5.82 Å². The van der Waals surface area contributed by atoms with Gasteiger partial charge in [-0.2, -0.15) is 0 Å². The SMILES string of the molecule is C=CCC1CCC(c2ccc3c(F)c(C#Cc4ccc(CC/C=C/C)cc4)ccc3c2)CC1. The van der Waals surface area contributed by atoms with Crippen LogP contribution in [0.3, 0.4) is 0 Å². The molecular weight excluding hydrogens is 403 g/mol. The molecule has 0 unspecified atom stereocenters. The van der Waals surface area contributed by atoms with Crippen LogP contribution in [0, 0.1) is 23.6 Å². The van der Waals surface area contributed by atoms with Crippen LogP contribution < -0.4 is 0 Å². The second-order valence-corrected chi connectivity index (χ2v) is 9.20. The van der Waals surface area contributed by atoms with Crippen LogP contribution in [-0.4, -0.2) is 0 Å². The van der Waals surface area contributed by atoms with E-state index in [0.29, 0.717) is 16.9 Å². The van der Waals surface area contributed by atoms with Crippen molar-refractivity contribution in [3.8, 4) is 11.8 Å². The lowest BCUT2D eigenvalue weighted by Gasteiger charge is -2.28. The number of aryl methyl sites for hydroxylation is 1. The first-order valence-electron chi connectivity index (χ1n) is 12.2. The second-order valence-electron chi connectivity index (χ2n) is 9.20. The number of hydrogen-bond donors (Lipinski definition) is 0. The molecule has 0 aromatic heterocycles. The minimum Gasteiger partial charge on any atom is -0.205 e. The summed E-state index contributed by atoms with van der Waals surface area (Å²) in [4.78, 5) is 0. The van der Waals surface area contributed by atoms with Gasteiger partial charge in [0.05, 0.1) is 5.56 Å². The normalized spacial score (nSPS) is 18.2. The summed E-state index contributed by atoms with van der Waals surface area (Å²) in [5.41, 5.74) is 4.00. The number of rotatable bonds is 6. The molecule has 1 fully saturated rings. The average Bonchev–Trinajstić information content (AvgIpc) is 2.85. The first-order valence-corrected chi connectivity index (χ1v) is 12.2. The molecule has 1 saturated carbocycles. The van der Waals surface area contributed by atoms with Gasteiger partial charge >= 0.3 is 0 Å². The number of benzene rings is 3. The van der Waals surface area contributed by atoms with Gasteiger partial charge < -0.3 is 0 Å². The fraction of sp³-hybridized carbons (Fsp3) is 0.312. The van der Waals surface area contributed by atoms with Crippen LogP contribution in [-0.2, 0) is 6.42 Å². The Morgan fingerprint density at radius 1 is 0.970 bits per heavy atom. The second kappa shape index (κ2) is 11.2. The molecule has 0 N–H and O–H groups in total. The van der Waals surface area contributed by atoms with Crippen LogP contribution in [0.2, 0.25) is 0 Å². The Balaban J connectivity index is 1.48. The highest BCUT2D eigenvalue weighted by Crippen LogP contribution is 2.38. The number of halogens is 1. The Morgan fingerprint density at radius 2 is 1.76 bits per heavy atom. The van der Waals surface area contributed by atoms with E-state index in [-0.39, 0.29) is 5.82 Å². The molecule has 0 aliphatic heterocycles. The lowest BCUT2D eigenvalue weighted by atomic mass is 9.77. The number of hydrogen-bond acceptors (Lipinski definition) is 0. The van der Waals surface area contributed by atoms with Crippen molar-refractivity contribution in [2.45, 2.75) is 57.8 Å². The van der Waals surface area contributed by atoms with Crippen molar-refractivity contribution in [1.82, 2.24) is 0 Å². The largest absolute Gasteiger partial charge is 0.205 e. The first kappa shape index (κ1) is 23.1. The molecule has 1 heteroatoms. The van der Waals surface area contributed by atoms with Crippen LogP contribution in [0.5, 0.6) is 0 Å². The Kier molecular flexibility index (Phi) is 7.79. The van der Waals surface area contributed by atoms with Gasteiger partial charge in [-0.15, -0.1) is 6.58 Å². The van der Waals surface area contributed by atoms with E-state index in [1.807, 2.05) is 43.3 Å². The monoisotopic (exact) mass is 436 g/mol. The van der Waals surface area contributed by atoms with Crippen molar-refractivity contribution < 1.29 is 4.39 Å². The van der Waals surface area contributed by atoms with Gasteiger partial charge in [-0.05, 0) is 98.4 Å². The quantitative estimate of drug-likeness (QED) is 0.268. The molecule has 4 rings (SSSR count). The van der Waals surface area contributed by atoms with Crippen LogP contribution in [0.15, 0.2) is 79.4 Å². The van der Waals surface area contributed by atoms with E-state index in [0.717, 1.165) is 36.1 Å². The van der Waals surface area contributed by atoms with Crippen LogP contribution >= 0.6 is 0 Å². The molecule has 0 atom stereocenters. The molecular formula is C32H33F. The highest BCUT2D eigenvalue weighted by molar-refractivity contribution is 5.85. The highest BCUT2D eigenvalue weighted by Gasteiger charge is 2.22. The van der Waals surface area contributed by atoms with Crippen molar-refractivity contribution in [3.63, 3.8) is 0 Å². The maximum Gasteiger partial charge on any atom is 0.146 e. The molecule has 1 aliphatic rings. The van der Waals surface area contributed by atoms with Gasteiger partial charge in [-0.3, -0.25) is 0 Å². The molecule has 33 heavy (non-hydrogen) atoms. The fourth-order valence-electron chi connectivity index (χ4n) is 4.94. The lowest BCUT2D eigenvalue weighted by Crippen LogP contribution is -2.12. The summed E-state index contributed by atoms with van der Waals surface area (Å²) in [5.74, 6) is 7.32. The number of fused-ring (bicyclic) bond motifs is 1. The molecule has 0 bridgehead atoms. The molecule has 0 amide bonds. The van der Waals surface area contributed by atoms with E-state index >= 15 is 4.39 Å². The third-order valence-electron chi connectivity index (χ3n) is 6.93. The predicted molar refractivity (Wildman–Crippen MR) is 139 cm³/mol. The predicted octanol–water partition coefficient (Wildman–Crippen LogP) is 8.74. The standard InChI is InChI=1S/C32H33F/c1-3-5-6-8-25-9-11-26(12-10-25)15-18-28-19-20-30-23-29(21-22-31(30)32(28)33)27-16-13-24(7-4-2)14-17-27/h3-5,9-12,19-24,27H,2,6-8,13-14,16-17H2,1H3/b5-3+. The molecule has 1 aliphatic carbocycles. The zero-order chi connectivity index (χ0) is 23.0. The summed E-state index contributed by atoms with van der Waals surface area (Å²) in [6, 6.07) is 18.3. The van der Waals surface area contributed by atoms with E-state index in [4.69, 9.17) is 0 Å². The molecule has 168 valence electrons. The van der Waals surface area contributed by atoms with Gasteiger partial charge in [0, 0.05) is 10.9 Å². The van der Waals surface area contributed by atoms with Crippen molar-refractivity contribution in [1.29, 1.82) is 0 Å². The summed E-state index contributed by atoms with van der Waals surface area (Å²) in [7, 11) is 0. The smallest absolute Gasteiger partial charge is 0.146 e. The van der Waals surface area contributed by atoms with E-state index in [9.17, 15) is 0 Å². The first-order chi connectivity index (χ1) is 16.2. The summed E-state index contributed by atoms with van der Waals surface area (Å²) in [6.07, 6.45) is 14.4. The maximum atomic E-state index is 15.2. The zero-order valence-corrected chi connectivity index (χ0v) is 19.6. The zero-order valence-electron chi connectivity index (χ0n) is 19.6. The summed E-state index contributed by atoms with van der Waals surface area (Å²) in [5, 5.41) is 1.62. The van der Waals surface area contributed by atoms with Crippen molar-refractivity contribution in [3.05, 3.63) is 107 Å². The van der Waals surface area contributed by atoms with Gasteiger partial charge in [0.2, 0.25) is 0 Å². The van der Waals surface area contributed by atoms with Crippen LogP contribution in [0.1, 0.15) is 73.6 Å². The van der Waals surface area contributed by atoms with Crippen molar-refractivity contribution in [2.24, 2.45) is 5.92 Å². The maximum absolute atomic E-state index is 15.2. The van der Waals surface area contributed by atoms with Gasteiger partial charge in [0.15, 0.2) is 0 Å². The Labute approximate surface area is 198 Å². The minimum absolute atomic E-state index is 0.218. The Bertz CT molecular complexity index is 1180. The molecule has 0 saturated heterocycles. The third-order valence-corrected chi connectivity index (χ3v) is 6.93. The summed E-state index contributed by atoms with van der Waals surface area (Å²) < 4.78 is 15.2. The van der Waals surface area contributed by atoms with E-state index in [1.54, 1.807) is 0 Å². The van der Waals surface area contributed by atoms with Gasteiger partial charge in [-0.25, -0.2) is 4.39 Å².